The molecular formula is C21H11NS4. The van der Waals surface area contributed by atoms with Crippen LogP contribution in [0, 0.1) is 0 Å². The van der Waals surface area contributed by atoms with Crippen LogP contribution in [0.25, 0.3) is 26.2 Å². The van der Waals surface area contributed by atoms with Crippen LogP contribution in [0.4, 0.5) is 0 Å². The monoisotopic (exact) mass is 405 g/mol. The molecule has 1 nitrogen and oxygen atoms in total. The fourth-order valence-corrected chi connectivity index (χ4v) is 5.99. The van der Waals surface area contributed by atoms with Gasteiger partial charge in [-0.05, 0) is 12.1 Å². The van der Waals surface area contributed by atoms with E-state index in [4.69, 9.17) is 29.4 Å². The molecule has 0 bridgehead atoms. The summed E-state index contributed by atoms with van der Waals surface area (Å²) in [6.07, 6.45) is 2.12. The molecule has 2 aromatic heterocycles. The highest BCUT2D eigenvalue weighted by Crippen LogP contribution is 2.37. The molecule has 1 aliphatic carbocycles. The van der Waals surface area contributed by atoms with Crippen LogP contribution in [0.3, 0.4) is 0 Å². The number of thiophene rings is 1. The predicted octanol–water partition coefficient (Wildman–Crippen LogP) is 6.56. The van der Waals surface area contributed by atoms with Crippen LogP contribution in [0.5, 0.6) is 0 Å². The molecule has 0 unspecified atom stereocenters. The van der Waals surface area contributed by atoms with Crippen molar-refractivity contribution in [2.45, 2.75) is 0 Å². The molecule has 0 aliphatic heterocycles. The third kappa shape index (κ3) is 2.59. The molecule has 0 N–H and O–H groups in total. The fourth-order valence-electron chi connectivity index (χ4n) is 3.07. The minimum atomic E-state index is 0.847. The lowest BCUT2D eigenvalue weighted by Crippen LogP contribution is -1.97. The second-order valence-corrected chi connectivity index (χ2v) is 8.87. The van der Waals surface area contributed by atoms with Crippen molar-refractivity contribution in [1.29, 1.82) is 0 Å². The fraction of sp³-hybridized carbons (Fsp3) is 0. The Bertz CT molecular complexity index is 1140. The highest BCUT2D eigenvalue weighted by atomic mass is 32.1. The van der Waals surface area contributed by atoms with E-state index in [2.05, 4.69) is 24.3 Å². The summed E-state index contributed by atoms with van der Waals surface area (Å²) in [4.78, 5) is 8.70. The minimum absolute atomic E-state index is 0.847. The maximum atomic E-state index is 5.65. The predicted molar refractivity (Wildman–Crippen MR) is 121 cm³/mol. The van der Waals surface area contributed by atoms with Gasteiger partial charge in [-0.15, -0.1) is 22.7 Å². The van der Waals surface area contributed by atoms with Gasteiger partial charge in [-0.2, -0.15) is 0 Å². The topological polar surface area (TPSA) is 12.9 Å². The van der Waals surface area contributed by atoms with E-state index in [0.717, 1.165) is 46.7 Å². The van der Waals surface area contributed by atoms with Crippen LogP contribution >= 0.6 is 47.1 Å². The highest BCUT2D eigenvalue weighted by Gasteiger charge is 2.26. The summed E-state index contributed by atoms with van der Waals surface area (Å²) < 4.78 is 1.20. The average molecular weight is 406 g/mol. The number of thiazole rings is 1. The maximum absolute atomic E-state index is 5.65. The van der Waals surface area contributed by atoms with Crippen molar-refractivity contribution in [1.82, 2.24) is 4.98 Å². The van der Waals surface area contributed by atoms with Crippen molar-refractivity contribution in [2.24, 2.45) is 0 Å². The molecule has 2 aromatic carbocycles. The van der Waals surface area contributed by atoms with Crippen molar-refractivity contribution in [3.8, 4) is 10.6 Å². The van der Waals surface area contributed by atoms with Gasteiger partial charge in [0.05, 0.1) is 14.4 Å². The number of rotatable bonds is 2. The molecular weight excluding hydrogens is 395 g/mol. The average Bonchev–Trinajstić information content (AvgIpc) is 3.30. The normalized spacial score (nSPS) is 13.5. The van der Waals surface area contributed by atoms with Gasteiger partial charge < -0.3 is 0 Å². The van der Waals surface area contributed by atoms with Gasteiger partial charge in [0.25, 0.3) is 0 Å². The van der Waals surface area contributed by atoms with Crippen molar-refractivity contribution in [2.75, 3.05) is 0 Å². The molecule has 124 valence electrons. The zero-order chi connectivity index (χ0) is 17.7. The summed E-state index contributed by atoms with van der Waals surface area (Å²) in [5.41, 5.74) is 4.28. The molecule has 5 rings (SSSR count). The van der Waals surface area contributed by atoms with E-state index in [1.807, 2.05) is 42.5 Å². The first-order valence-electron chi connectivity index (χ1n) is 8.06. The Labute approximate surface area is 169 Å². The molecule has 1 aliphatic rings. The first kappa shape index (κ1) is 16.1. The number of hydrogen-bond donors (Lipinski definition) is 0. The standard InChI is InChI=1S/C21H11NS4/c23-18-14-8-4-5-9-15(14)19(24)16(18)10-13-11-17-21(25-13)22-20(26-17)12-6-2-1-3-7-12/h1-11H. The van der Waals surface area contributed by atoms with Crippen LogP contribution in [0.2, 0.25) is 0 Å². The molecule has 0 saturated heterocycles. The van der Waals surface area contributed by atoms with Crippen molar-refractivity contribution in [3.63, 3.8) is 0 Å². The number of allylic oxidation sites excluding steroid dienone is 1. The second kappa shape index (κ2) is 6.28. The lowest BCUT2D eigenvalue weighted by atomic mass is 10.1. The first-order chi connectivity index (χ1) is 12.7. The molecule has 0 atom stereocenters. The number of nitrogens with zero attached hydrogens (tertiary/aromatic N) is 1. The summed E-state index contributed by atoms with van der Waals surface area (Å²) in [5.74, 6) is 0. The molecule has 0 spiro atoms. The van der Waals surface area contributed by atoms with Crippen LogP contribution < -0.4 is 0 Å². The molecule has 0 amide bonds. The second-order valence-electron chi connectivity index (χ2n) is 5.97. The molecule has 5 heteroatoms. The summed E-state index contributed by atoms with van der Waals surface area (Å²) in [5, 5.41) is 1.06. The van der Waals surface area contributed by atoms with Gasteiger partial charge in [0.1, 0.15) is 9.84 Å². The largest absolute Gasteiger partial charge is 0.225 e. The van der Waals surface area contributed by atoms with E-state index < -0.39 is 0 Å². The Morgan fingerprint density at radius 3 is 2.12 bits per heavy atom. The van der Waals surface area contributed by atoms with E-state index in [1.165, 1.54) is 4.70 Å². The van der Waals surface area contributed by atoms with Gasteiger partial charge in [0.2, 0.25) is 0 Å². The van der Waals surface area contributed by atoms with Crippen LogP contribution in [0.15, 0.2) is 66.2 Å². The Kier molecular flexibility index (Phi) is 3.90. The van der Waals surface area contributed by atoms with Crippen molar-refractivity contribution >= 4 is 72.4 Å². The summed E-state index contributed by atoms with van der Waals surface area (Å²) in [7, 11) is 0. The summed E-state index contributed by atoms with van der Waals surface area (Å²) in [6, 6.07) is 20.6. The zero-order valence-electron chi connectivity index (χ0n) is 13.4. The third-order valence-corrected chi connectivity index (χ3v) is 7.36. The quantitative estimate of drug-likeness (QED) is 0.277. The first-order valence-corrected chi connectivity index (χ1v) is 10.5. The van der Waals surface area contributed by atoms with E-state index in [1.54, 1.807) is 22.7 Å². The van der Waals surface area contributed by atoms with Crippen molar-refractivity contribution in [3.05, 3.63) is 82.2 Å². The molecule has 0 fully saturated rings. The number of aromatic nitrogens is 1. The molecule has 4 aromatic rings. The van der Waals surface area contributed by atoms with E-state index >= 15 is 0 Å². The van der Waals surface area contributed by atoms with Crippen LogP contribution in [-0.2, 0) is 0 Å². The lowest BCUT2D eigenvalue weighted by Gasteiger charge is -1.97. The molecule has 2 heterocycles. The van der Waals surface area contributed by atoms with Gasteiger partial charge in [0.15, 0.2) is 0 Å². The van der Waals surface area contributed by atoms with Crippen molar-refractivity contribution < 1.29 is 0 Å². The lowest BCUT2D eigenvalue weighted by molar-refractivity contribution is 1.50. The van der Waals surface area contributed by atoms with Gasteiger partial charge >= 0.3 is 0 Å². The number of hydrogen-bond acceptors (Lipinski definition) is 5. The Morgan fingerprint density at radius 2 is 1.46 bits per heavy atom. The van der Waals surface area contributed by atoms with Crippen LogP contribution in [-0.4, -0.2) is 14.7 Å². The van der Waals surface area contributed by atoms with E-state index in [9.17, 15) is 0 Å². The van der Waals surface area contributed by atoms with E-state index in [-0.39, 0.29) is 0 Å². The molecule has 0 saturated carbocycles. The van der Waals surface area contributed by atoms with Crippen LogP contribution in [0.1, 0.15) is 16.0 Å². The van der Waals surface area contributed by atoms with Gasteiger partial charge in [-0.25, -0.2) is 4.98 Å². The summed E-state index contributed by atoms with van der Waals surface area (Å²) in [6.45, 7) is 0. The summed E-state index contributed by atoms with van der Waals surface area (Å²) >= 11 is 14.7. The van der Waals surface area contributed by atoms with Gasteiger partial charge in [0, 0.05) is 27.1 Å². The minimum Gasteiger partial charge on any atom is -0.225 e. The van der Waals surface area contributed by atoms with Gasteiger partial charge in [-0.1, -0.05) is 79.0 Å². The number of fused-ring (bicyclic) bond motifs is 2. The maximum Gasteiger partial charge on any atom is 0.135 e. The van der Waals surface area contributed by atoms with Gasteiger partial charge in [-0.3, -0.25) is 0 Å². The SMILES string of the molecule is S=C1C(=Cc2cc3sc(-c4ccccc4)nc3s2)C(=S)c2ccccc21. The Morgan fingerprint density at radius 1 is 0.808 bits per heavy atom. The highest BCUT2D eigenvalue weighted by molar-refractivity contribution is 7.84. The third-order valence-electron chi connectivity index (χ3n) is 4.32. The Balaban J connectivity index is 1.53. The molecule has 26 heavy (non-hydrogen) atoms. The van der Waals surface area contributed by atoms with E-state index in [0.29, 0.717) is 0 Å². The smallest absolute Gasteiger partial charge is 0.135 e. The zero-order valence-corrected chi connectivity index (χ0v) is 16.7. The number of benzene rings is 2. The molecule has 0 radical (unpaired) electrons. The Hall–Kier alpha value is -2.05. The number of thiocarbonyl (C=S) groups is 2.